The lowest BCUT2D eigenvalue weighted by atomic mass is 9.95. The molecule has 4 N–H and O–H groups in total. The number of benzene rings is 1. The van der Waals surface area contributed by atoms with Crippen LogP contribution in [0.25, 0.3) is 0 Å². The van der Waals surface area contributed by atoms with Crippen molar-refractivity contribution in [1.82, 2.24) is 0 Å². The van der Waals surface area contributed by atoms with Crippen molar-refractivity contribution in [3.05, 3.63) is 45.1 Å². The second-order valence-electron chi connectivity index (χ2n) is 8.63. The minimum absolute atomic E-state index is 0.259. The first kappa shape index (κ1) is 21.4. The molecule has 6 nitrogen and oxygen atoms in total. The van der Waals surface area contributed by atoms with Crippen LogP contribution in [0.2, 0.25) is 0 Å². The monoisotopic (exact) mass is 451 g/mol. The van der Waals surface area contributed by atoms with E-state index in [4.69, 9.17) is 5.14 Å². The Morgan fingerprint density at radius 3 is 2.67 bits per heavy atom. The molecular weight excluding hydrogens is 425 g/mol. The van der Waals surface area contributed by atoms with E-state index in [-0.39, 0.29) is 9.09 Å². The van der Waals surface area contributed by atoms with E-state index in [0.717, 1.165) is 66.3 Å². The van der Waals surface area contributed by atoms with Crippen molar-refractivity contribution in [2.75, 3.05) is 5.32 Å². The zero-order valence-electron chi connectivity index (χ0n) is 17.3. The maximum atomic E-state index is 14.4. The summed E-state index contributed by atoms with van der Waals surface area (Å²) < 4.78 is 30.5. The molecule has 1 fully saturated rings. The molecule has 0 aliphatic heterocycles. The van der Waals surface area contributed by atoms with E-state index >= 15 is 0 Å². The lowest BCUT2D eigenvalue weighted by Gasteiger charge is -2.17. The summed E-state index contributed by atoms with van der Waals surface area (Å²) in [5, 5.41) is 18.6. The molecule has 0 radical (unpaired) electrons. The quantitative estimate of drug-likeness (QED) is 0.626. The Balaban J connectivity index is 1.68. The van der Waals surface area contributed by atoms with Gasteiger partial charge in [-0.2, -0.15) is 0 Å². The van der Waals surface area contributed by atoms with Gasteiger partial charge in [0, 0.05) is 10.6 Å². The lowest BCUT2D eigenvalue weighted by Crippen LogP contribution is -2.19. The summed E-state index contributed by atoms with van der Waals surface area (Å²) in [4.78, 5) is 12.9. The summed E-state index contributed by atoms with van der Waals surface area (Å²) in [7, 11) is -3.80. The largest absolute Gasteiger partial charge is 0.385 e. The van der Waals surface area contributed by atoms with Crippen LogP contribution in [0, 0.1) is 12.7 Å². The highest BCUT2D eigenvalue weighted by Crippen LogP contribution is 2.46. The van der Waals surface area contributed by atoms with Crippen LogP contribution in [0.5, 0.6) is 0 Å². The molecule has 1 heterocycles. The molecule has 1 unspecified atom stereocenters. The first-order valence-electron chi connectivity index (χ1n) is 10.0. The number of nitrogens with zero attached hydrogens (tertiary/aromatic N) is 1. The number of aryl methyl sites for hydroxylation is 1. The molecule has 2 aliphatic rings. The van der Waals surface area contributed by atoms with Gasteiger partial charge in [-0.25, -0.2) is 18.5 Å². The van der Waals surface area contributed by atoms with E-state index in [1.54, 1.807) is 0 Å². The van der Waals surface area contributed by atoms with E-state index in [1.807, 2.05) is 6.92 Å². The molecule has 9 heteroatoms. The number of carbonyl (C=O) groups excluding carboxylic acids is 1. The average molecular weight is 452 g/mol. The molecule has 30 heavy (non-hydrogen) atoms. The Morgan fingerprint density at radius 1 is 1.37 bits per heavy atom. The van der Waals surface area contributed by atoms with Crippen LogP contribution < -0.4 is 10.5 Å². The van der Waals surface area contributed by atoms with E-state index in [2.05, 4.69) is 15.7 Å². The van der Waals surface area contributed by atoms with E-state index in [1.165, 1.54) is 25.0 Å². The van der Waals surface area contributed by atoms with Crippen LogP contribution in [0.1, 0.15) is 66.2 Å². The van der Waals surface area contributed by atoms with Crippen LogP contribution in [0.3, 0.4) is 0 Å². The molecule has 2 aromatic rings. The SMILES string of the molecule is Cc1c(C2CC2)cc2c(c1NC(=O)N=S(N)(=O)c1sc(C(C)(C)O)cc1F)CCC2. The van der Waals surface area contributed by atoms with Crippen molar-refractivity contribution in [2.45, 2.75) is 68.6 Å². The third-order valence-electron chi connectivity index (χ3n) is 5.69. The maximum Gasteiger partial charge on any atom is 0.354 e. The topological polar surface area (TPSA) is 105 Å². The van der Waals surface area contributed by atoms with Gasteiger partial charge in [-0.3, -0.25) is 0 Å². The molecule has 162 valence electrons. The molecule has 0 spiro atoms. The summed E-state index contributed by atoms with van der Waals surface area (Å²) in [5.41, 5.74) is 4.00. The van der Waals surface area contributed by atoms with E-state index in [9.17, 15) is 18.5 Å². The third-order valence-corrected chi connectivity index (χ3v) is 9.04. The number of halogens is 1. The number of anilines is 1. The van der Waals surface area contributed by atoms with Gasteiger partial charge in [0.25, 0.3) is 0 Å². The number of fused-ring (bicyclic) bond motifs is 1. The fourth-order valence-electron chi connectivity index (χ4n) is 4.01. The van der Waals surface area contributed by atoms with Gasteiger partial charge in [0.15, 0.2) is 19.9 Å². The number of amides is 2. The van der Waals surface area contributed by atoms with Gasteiger partial charge in [-0.15, -0.1) is 15.7 Å². The third kappa shape index (κ3) is 4.03. The Bertz CT molecular complexity index is 1150. The van der Waals surface area contributed by atoms with Gasteiger partial charge in [0.1, 0.15) is 0 Å². The zero-order chi connectivity index (χ0) is 21.8. The molecule has 1 atom stereocenters. The van der Waals surface area contributed by atoms with Crippen molar-refractivity contribution >= 4 is 33.0 Å². The highest BCUT2D eigenvalue weighted by atomic mass is 32.2. The van der Waals surface area contributed by atoms with Gasteiger partial charge in [0.2, 0.25) is 0 Å². The summed E-state index contributed by atoms with van der Waals surface area (Å²) in [6.07, 6.45) is 5.16. The van der Waals surface area contributed by atoms with E-state index < -0.39 is 27.4 Å². The first-order chi connectivity index (χ1) is 14.0. The van der Waals surface area contributed by atoms with Gasteiger partial charge < -0.3 is 10.4 Å². The second-order valence-corrected chi connectivity index (χ2v) is 11.7. The number of aliphatic hydroxyl groups is 1. The number of hydrogen-bond donors (Lipinski definition) is 3. The fourth-order valence-corrected chi connectivity index (χ4v) is 6.35. The van der Waals surface area contributed by atoms with Gasteiger partial charge in [-0.05, 0) is 87.1 Å². The zero-order valence-corrected chi connectivity index (χ0v) is 18.9. The molecule has 0 saturated heterocycles. The van der Waals surface area contributed by atoms with Crippen LogP contribution >= 0.6 is 11.3 Å². The van der Waals surface area contributed by atoms with Crippen molar-refractivity contribution < 1.29 is 18.5 Å². The highest BCUT2D eigenvalue weighted by molar-refractivity contribution is 7.93. The van der Waals surface area contributed by atoms with Crippen LogP contribution in [0.4, 0.5) is 14.9 Å². The number of carbonyl (C=O) groups is 1. The van der Waals surface area contributed by atoms with Crippen molar-refractivity contribution in [1.29, 1.82) is 0 Å². The second kappa shape index (κ2) is 7.40. The molecule has 4 rings (SSSR count). The molecule has 2 aliphatic carbocycles. The maximum absolute atomic E-state index is 14.4. The number of rotatable bonds is 4. The number of nitrogens with two attached hydrogens (primary N) is 1. The summed E-state index contributed by atoms with van der Waals surface area (Å²) in [5.74, 6) is -0.309. The highest BCUT2D eigenvalue weighted by Gasteiger charge is 2.30. The summed E-state index contributed by atoms with van der Waals surface area (Å²) in [6, 6.07) is 2.48. The molecule has 1 aromatic heterocycles. The molecule has 2 amide bonds. The van der Waals surface area contributed by atoms with Crippen molar-refractivity contribution in [3.8, 4) is 0 Å². The van der Waals surface area contributed by atoms with Crippen LogP contribution in [0.15, 0.2) is 20.7 Å². The number of hydrogen-bond acceptors (Lipinski definition) is 4. The summed E-state index contributed by atoms with van der Waals surface area (Å²) in [6.45, 7) is 4.96. The summed E-state index contributed by atoms with van der Waals surface area (Å²) >= 11 is 0.760. The molecule has 1 aromatic carbocycles. The molecule has 1 saturated carbocycles. The predicted molar refractivity (Wildman–Crippen MR) is 117 cm³/mol. The fraction of sp³-hybridized carbons (Fsp3) is 0.476. The Morgan fingerprint density at radius 2 is 2.07 bits per heavy atom. The smallest absolute Gasteiger partial charge is 0.354 e. The van der Waals surface area contributed by atoms with Gasteiger partial charge in [0.05, 0.1) is 5.60 Å². The molecule has 0 bridgehead atoms. The van der Waals surface area contributed by atoms with Crippen molar-refractivity contribution in [3.63, 3.8) is 0 Å². The van der Waals surface area contributed by atoms with Gasteiger partial charge in [-0.1, -0.05) is 6.07 Å². The predicted octanol–water partition coefficient (Wildman–Crippen LogP) is 4.72. The lowest BCUT2D eigenvalue weighted by molar-refractivity contribution is 0.0823. The minimum atomic E-state index is -3.80. The van der Waals surface area contributed by atoms with Gasteiger partial charge >= 0.3 is 6.03 Å². The van der Waals surface area contributed by atoms with Crippen molar-refractivity contribution in [2.24, 2.45) is 9.50 Å². The Labute approximate surface area is 180 Å². The number of nitrogens with one attached hydrogen (secondary N) is 1. The average Bonchev–Trinajstić information content (AvgIpc) is 3.20. The Hall–Kier alpha value is -1.81. The van der Waals surface area contributed by atoms with Crippen LogP contribution in [-0.4, -0.2) is 15.3 Å². The standard InChI is InChI=1S/C21H26FN3O3S2/c1-11-15(12-7-8-12)9-13-5-4-6-14(13)18(11)24-20(26)25-30(23,28)19-16(22)10-17(29-19)21(2,3)27/h9-10,12,27H,4-8H2,1-3H3,(H3,23,24,25,26,28). The normalized spacial score (nSPS) is 18.1. The minimum Gasteiger partial charge on any atom is -0.385 e. The van der Waals surface area contributed by atoms with E-state index in [0.29, 0.717) is 5.92 Å². The molecular formula is C21H26FN3O3S2. The first-order valence-corrected chi connectivity index (χ1v) is 12.4. The van der Waals surface area contributed by atoms with Crippen LogP contribution in [-0.2, 0) is 28.4 Å². The number of thiophene rings is 1. The number of urea groups is 1. The Kier molecular flexibility index (Phi) is 5.29.